The van der Waals surface area contributed by atoms with E-state index in [0.717, 1.165) is 15.8 Å². The third-order valence-electron chi connectivity index (χ3n) is 3.80. The summed E-state index contributed by atoms with van der Waals surface area (Å²) in [6, 6.07) is 9.35. The van der Waals surface area contributed by atoms with Crippen LogP contribution in [0, 0.1) is 0 Å². The van der Waals surface area contributed by atoms with Crippen molar-refractivity contribution in [1.82, 2.24) is 5.32 Å². The fourth-order valence-corrected chi connectivity index (χ4v) is 3.80. The van der Waals surface area contributed by atoms with Crippen LogP contribution in [0.1, 0.15) is 24.3 Å². The highest BCUT2D eigenvalue weighted by Gasteiger charge is 2.28. The molecule has 0 fully saturated rings. The van der Waals surface area contributed by atoms with Gasteiger partial charge in [0, 0.05) is 9.35 Å². The molecule has 1 aliphatic heterocycles. The normalized spacial score (nSPS) is 14.8. The second-order valence-corrected chi connectivity index (χ2v) is 7.32. The number of benzene rings is 1. The number of nitrogens with one attached hydrogen (secondary N) is 1. The van der Waals surface area contributed by atoms with Crippen LogP contribution in [-0.4, -0.2) is 25.0 Å². The molecule has 5 nitrogen and oxygen atoms in total. The van der Waals surface area contributed by atoms with Crippen molar-refractivity contribution in [2.75, 3.05) is 18.1 Å². The van der Waals surface area contributed by atoms with Crippen LogP contribution in [0.2, 0.25) is 0 Å². The number of hydrogen-bond acceptors (Lipinski definition) is 4. The molecule has 2 heterocycles. The van der Waals surface area contributed by atoms with Gasteiger partial charge in [-0.15, -0.1) is 11.3 Å². The third kappa shape index (κ3) is 3.62. The van der Waals surface area contributed by atoms with E-state index in [9.17, 15) is 9.59 Å². The Morgan fingerprint density at radius 1 is 1.46 bits per heavy atom. The van der Waals surface area contributed by atoms with Gasteiger partial charge in [0.25, 0.3) is 5.91 Å². The largest absolute Gasteiger partial charge is 0.482 e. The first-order chi connectivity index (χ1) is 11.6. The van der Waals surface area contributed by atoms with Gasteiger partial charge in [-0.25, -0.2) is 0 Å². The maximum atomic E-state index is 12.4. The van der Waals surface area contributed by atoms with Gasteiger partial charge in [0.2, 0.25) is 5.91 Å². The lowest BCUT2D eigenvalue weighted by molar-refractivity contribution is -0.125. The van der Waals surface area contributed by atoms with E-state index >= 15 is 0 Å². The second kappa shape index (κ2) is 7.36. The molecule has 1 N–H and O–H groups in total. The summed E-state index contributed by atoms with van der Waals surface area (Å²) in [6.07, 6.45) is 0.798. The summed E-state index contributed by atoms with van der Waals surface area (Å²) in [5.41, 5.74) is 0.619. The van der Waals surface area contributed by atoms with Crippen LogP contribution in [0.3, 0.4) is 0 Å². The number of amides is 2. The lowest BCUT2D eigenvalue weighted by atomic mass is 10.2. The van der Waals surface area contributed by atoms with E-state index in [1.54, 1.807) is 23.5 Å². The van der Waals surface area contributed by atoms with Crippen LogP contribution in [0.4, 0.5) is 5.69 Å². The number of hydrogen-bond donors (Lipinski definition) is 1. The van der Waals surface area contributed by atoms with E-state index in [1.165, 1.54) is 4.90 Å². The summed E-state index contributed by atoms with van der Waals surface area (Å²) in [4.78, 5) is 27.2. The number of carbonyl (C=O) groups is 2. The molecule has 0 bridgehead atoms. The van der Waals surface area contributed by atoms with Gasteiger partial charge < -0.3 is 10.1 Å². The maximum absolute atomic E-state index is 12.4. The summed E-state index contributed by atoms with van der Waals surface area (Å²) < 4.78 is 6.30. The van der Waals surface area contributed by atoms with Crippen molar-refractivity contribution in [1.29, 1.82) is 0 Å². The van der Waals surface area contributed by atoms with Crippen molar-refractivity contribution in [2.24, 2.45) is 0 Å². The van der Waals surface area contributed by atoms with Gasteiger partial charge in [-0.3, -0.25) is 14.5 Å². The zero-order valence-electron chi connectivity index (χ0n) is 13.1. The van der Waals surface area contributed by atoms with Gasteiger partial charge in [0.1, 0.15) is 12.3 Å². The highest BCUT2D eigenvalue weighted by molar-refractivity contribution is 9.10. The zero-order chi connectivity index (χ0) is 17.1. The van der Waals surface area contributed by atoms with E-state index in [0.29, 0.717) is 11.4 Å². The molecule has 1 unspecified atom stereocenters. The number of ether oxygens (including phenoxy) is 1. The topological polar surface area (TPSA) is 58.6 Å². The highest BCUT2D eigenvalue weighted by atomic mass is 79.9. The van der Waals surface area contributed by atoms with Gasteiger partial charge >= 0.3 is 0 Å². The average molecular weight is 409 g/mol. The lowest BCUT2D eigenvalue weighted by Gasteiger charge is -2.29. The molecular formula is C17H17BrN2O3S. The average Bonchev–Trinajstić information content (AvgIpc) is 3.09. The molecule has 2 amide bonds. The predicted molar refractivity (Wildman–Crippen MR) is 97.5 cm³/mol. The lowest BCUT2D eigenvalue weighted by Crippen LogP contribution is -2.45. The third-order valence-corrected chi connectivity index (χ3v) is 5.28. The molecule has 3 rings (SSSR count). The fraction of sp³-hybridized carbons (Fsp3) is 0.294. The van der Waals surface area contributed by atoms with Gasteiger partial charge in [0.15, 0.2) is 6.61 Å². The Labute approximate surface area is 152 Å². The van der Waals surface area contributed by atoms with Crippen LogP contribution in [0.25, 0.3) is 0 Å². The summed E-state index contributed by atoms with van der Waals surface area (Å²) in [5.74, 6) is 0.200. The number of thiophene rings is 1. The summed E-state index contributed by atoms with van der Waals surface area (Å²) in [7, 11) is 0. The quantitative estimate of drug-likeness (QED) is 0.823. The molecule has 1 aromatic heterocycles. The Balaban J connectivity index is 1.73. The molecule has 0 radical (unpaired) electrons. The van der Waals surface area contributed by atoms with Crippen LogP contribution >= 0.6 is 27.3 Å². The minimum absolute atomic E-state index is 0.0152. The fourth-order valence-electron chi connectivity index (χ4n) is 2.60. The van der Waals surface area contributed by atoms with Crippen LogP contribution in [0.5, 0.6) is 5.75 Å². The Bertz CT molecular complexity index is 748. The molecule has 0 aliphatic carbocycles. The first kappa shape index (κ1) is 17.0. The molecule has 126 valence electrons. The van der Waals surface area contributed by atoms with Gasteiger partial charge in [-0.05, 0) is 36.1 Å². The molecule has 1 aromatic carbocycles. The van der Waals surface area contributed by atoms with Crippen LogP contribution < -0.4 is 15.0 Å². The van der Waals surface area contributed by atoms with Crippen molar-refractivity contribution in [3.8, 4) is 5.75 Å². The molecule has 0 spiro atoms. The van der Waals surface area contributed by atoms with Crippen molar-refractivity contribution >= 4 is 44.8 Å². The van der Waals surface area contributed by atoms with Crippen molar-refractivity contribution in [3.05, 3.63) is 45.1 Å². The summed E-state index contributed by atoms with van der Waals surface area (Å²) in [5, 5.41) is 5.00. The minimum atomic E-state index is -0.218. The number of carbonyl (C=O) groups excluding carboxylic acids is 2. The number of rotatable bonds is 5. The maximum Gasteiger partial charge on any atom is 0.265 e. The Kier molecular flexibility index (Phi) is 5.20. The molecule has 2 aromatic rings. The number of fused-ring (bicyclic) bond motifs is 1. The smallest absolute Gasteiger partial charge is 0.265 e. The molecular weight excluding hydrogens is 392 g/mol. The van der Waals surface area contributed by atoms with E-state index in [1.807, 2.05) is 30.5 Å². The molecule has 24 heavy (non-hydrogen) atoms. The highest BCUT2D eigenvalue weighted by Crippen LogP contribution is 2.34. The first-order valence-electron chi connectivity index (χ1n) is 7.64. The van der Waals surface area contributed by atoms with E-state index in [4.69, 9.17) is 4.74 Å². The summed E-state index contributed by atoms with van der Waals surface area (Å²) >= 11 is 4.99. The zero-order valence-corrected chi connectivity index (χ0v) is 15.5. The van der Waals surface area contributed by atoms with E-state index in [2.05, 4.69) is 21.2 Å². The predicted octanol–water partition coefficient (Wildman–Crippen LogP) is 3.50. The second-order valence-electron chi connectivity index (χ2n) is 5.42. The van der Waals surface area contributed by atoms with Gasteiger partial charge in [-0.1, -0.05) is 28.9 Å². The number of anilines is 1. The minimum Gasteiger partial charge on any atom is -0.482 e. The van der Waals surface area contributed by atoms with Gasteiger partial charge in [0.05, 0.1) is 11.7 Å². The molecule has 1 atom stereocenters. The number of halogens is 1. The molecule has 7 heteroatoms. The van der Waals surface area contributed by atoms with Crippen molar-refractivity contribution < 1.29 is 14.3 Å². The standard InChI is InChI=1S/C17H17BrN2O3S/c1-2-12(15-4-3-7-24-15)19-16(21)9-20-13-6-5-11(18)8-14(13)23-10-17(20)22/h3-8,12H,2,9-10H2,1H3,(H,19,21). The van der Waals surface area contributed by atoms with Crippen LogP contribution in [-0.2, 0) is 9.59 Å². The monoisotopic (exact) mass is 408 g/mol. The molecule has 1 aliphatic rings. The van der Waals surface area contributed by atoms with Gasteiger partial charge in [-0.2, -0.15) is 0 Å². The van der Waals surface area contributed by atoms with E-state index in [-0.39, 0.29) is 31.0 Å². The Hall–Kier alpha value is -1.86. The van der Waals surface area contributed by atoms with Crippen molar-refractivity contribution in [3.63, 3.8) is 0 Å². The van der Waals surface area contributed by atoms with Crippen LogP contribution in [0.15, 0.2) is 40.2 Å². The molecule has 0 saturated heterocycles. The first-order valence-corrected chi connectivity index (χ1v) is 9.31. The number of nitrogens with zero attached hydrogens (tertiary/aromatic N) is 1. The van der Waals surface area contributed by atoms with E-state index < -0.39 is 0 Å². The Morgan fingerprint density at radius 2 is 2.29 bits per heavy atom. The SMILES string of the molecule is CCC(NC(=O)CN1C(=O)COc2cc(Br)ccc21)c1cccs1. The van der Waals surface area contributed by atoms with Crippen molar-refractivity contribution in [2.45, 2.75) is 19.4 Å². The Morgan fingerprint density at radius 3 is 3.00 bits per heavy atom. The summed E-state index contributed by atoms with van der Waals surface area (Å²) in [6.45, 7) is 1.95. The molecule has 0 saturated carbocycles.